The number of nitrogens with zero attached hydrogens (tertiary/aromatic N) is 4. The number of hydrogen-bond donors (Lipinski definition) is 1. The van der Waals surface area contributed by atoms with Crippen molar-refractivity contribution in [2.45, 2.75) is 31.5 Å². The predicted octanol–water partition coefficient (Wildman–Crippen LogP) is 1.74. The van der Waals surface area contributed by atoms with Gasteiger partial charge >= 0.3 is 0 Å². The van der Waals surface area contributed by atoms with Gasteiger partial charge in [-0.1, -0.05) is 6.07 Å². The molecule has 20 heavy (non-hydrogen) atoms. The Balaban J connectivity index is 1.76. The number of pyridine rings is 1. The molecule has 1 atom stereocenters. The summed E-state index contributed by atoms with van der Waals surface area (Å²) in [7, 11) is 2.11. The first-order valence-electron chi connectivity index (χ1n) is 7.10. The summed E-state index contributed by atoms with van der Waals surface area (Å²) in [6, 6.07) is 4.89. The van der Waals surface area contributed by atoms with Crippen LogP contribution in [0, 0.1) is 0 Å². The standard InChI is InChI=1S/C15H21N5/c1-19(10-12-3-2-6-17-8-12)14(7-16)15-9-18-11-20(15)13-4-5-13/h2-3,6,8-9,11,13-14H,4-5,7,10,16H2,1H3. The average molecular weight is 271 g/mol. The molecule has 5 heteroatoms. The van der Waals surface area contributed by atoms with Crippen LogP contribution in [0.3, 0.4) is 0 Å². The van der Waals surface area contributed by atoms with Crippen molar-refractivity contribution in [2.24, 2.45) is 5.73 Å². The summed E-state index contributed by atoms with van der Waals surface area (Å²) in [4.78, 5) is 10.7. The molecule has 2 N–H and O–H groups in total. The molecule has 3 rings (SSSR count). The Morgan fingerprint density at radius 1 is 1.40 bits per heavy atom. The van der Waals surface area contributed by atoms with Crippen molar-refractivity contribution < 1.29 is 0 Å². The summed E-state index contributed by atoms with van der Waals surface area (Å²) >= 11 is 0. The van der Waals surface area contributed by atoms with Crippen molar-refractivity contribution in [3.05, 3.63) is 48.3 Å². The zero-order chi connectivity index (χ0) is 13.9. The topological polar surface area (TPSA) is 60.0 Å². The van der Waals surface area contributed by atoms with E-state index in [2.05, 4.69) is 32.5 Å². The third-order valence-corrected chi connectivity index (χ3v) is 3.89. The minimum absolute atomic E-state index is 0.193. The van der Waals surface area contributed by atoms with Gasteiger partial charge in [0.15, 0.2) is 0 Å². The first-order valence-corrected chi connectivity index (χ1v) is 7.10. The summed E-state index contributed by atoms with van der Waals surface area (Å²) in [5.41, 5.74) is 8.43. The largest absolute Gasteiger partial charge is 0.330 e. The first kappa shape index (κ1) is 13.3. The maximum absolute atomic E-state index is 6.01. The minimum atomic E-state index is 0.193. The highest BCUT2D eigenvalue weighted by atomic mass is 15.2. The number of imidazole rings is 1. The van der Waals surface area contributed by atoms with Crippen LogP contribution in [0.4, 0.5) is 0 Å². The van der Waals surface area contributed by atoms with Gasteiger partial charge in [0.1, 0.15) is 0 Å². The summed E-state index contributed by atoms with van der Waals surface area (Å²) in [5, 5.41) is 0. The SMILES string of the molecule is CN(Cc1cccnc1)C(CN)c1cncn1C1CC1. The van der Waals surface area contributed by atoms with E-state index < -0.39 is 0 Å². The van der Waals surface area contributed by atoms with Crippen LogP contribution in [0.1, 0.15) is 36.2 Å². The van der Waals surface area contributed by atoms with Gasteiger partial charge in [0.25, 0.3) is 0 Å². The van der Waals surface area contributed by atoms with Crippen LogP contribution in [0.5, 0.6) is 0 Å². The fraction of sp³-hybridized carbons (Fsp3) is 0.467. The molecule has 1 aliphatic carbocycles. The predicted molar refractivity (Wildman–Crippen MR) is 78.0 cm³/mol. The van der Waals surface area contributed by atoms with Crippen LogP contribution in [-0.4, -0.2) is 33.0 Å². The molecule has 0 amide bonds. The van der Waals surface area contributed by atoms with E-state index in [0.717, 1.165) is 6.54 Å². The molecule has 106 valence electrons. The van der Waals surface area contributed by atoms with E-state index in [0.29, 0.717) is 12.6 Å². The van der Waals surface area contributed by atoms with Crippen molar-refractivity contribution >= 4 is 0 Å². The number of rotatable bonds is 6. The van der Waals surface area contributed by atoms with E-state index >= 15 is 0 Å². The normalized spacial score (nSPS) is 16.6. The van der Waals surface area contributed by atoms with Gasteiger partial charge in [0.05, 0.1) is 18.1 Å². The van der Waals surface area contributed by atoms with Crippen LogP contribution in [-0.2, 0) is 6.54 Å². The molecule has 1 aliphatic rings. The Bertz CT molecular complexity index is 546. The maximum Gasteiger partial charge on any atom is 0.0951 e. The Morgan fingerprint density at radius 2 is 2.25 bits per heavy atom. The third kappa shape index (κ3) is 2.73. The van der Waals surface area contributed by atoms with Crippen molar-refractivity contribution in [1.82, 2.24) is 19.4 Å². The Labute approximate surface area is 119 Å². The smallest absolute Gasteiger partial charge is 0.0951 e. The first-order chi connectivity index (χ1) is 9.79. The van der Waals surface area contributed by atoms with Crippen LogP contribution in [0.2, 0.25) is 0 Å². The lowest BCUT2D eigenvalue weighted by Crippen LogP contribution is -2.31. The van der Waals surface area contributed by atoms with E-state index in [1.807, 2.05) is 24.8 Å². The van der Waals surface area contributed by atoms with E-state index in [1.54, 1.807) is 6.20 Å². The summed E-state index contributed by atoms with van der Waals surface area (Å²) in [5.74, 6) is 0. The zero-order valence-corrected chi connectivity index (χ0v) is 11.8. The second-order valence-corrected chi connectivity index (χ2v) is 5.48. The quantitative estimate of drug-likeness (QED) is 0.869. The molecule has 2 heterocycles. The van der Waals surface area contributed by atoms with Gasteiger partial charge in [-0.2, -0.15) is 0 Å². The molecule has 5 nitrogen and oxygen atoms in total. The molecular formula is C15H21N5. The fourth-order valence-corrected chi connectivity index (χ4v) is 2.65. The van der Waals surface area contributed by atoms with Gasteiger partial charge in [-0.15, -0.1) is 0 Å². The van der Waals surface area contributed by atoms with Gasteiger partial charge < -0.3 is 10.3 Å². The van der Waals surface area contributed by atoms with Gasteiger partial charge in [-0.05, 0) is 31.5 Å². The van der Waals surface area contributed by atoms with Gasteiger partial charge in [0, 0.05) is 37.7 Å². The van der Waals surface area contributed by atoms with E-state index in [-0.39, 0.29) is 6.04 Å². The molecule has 0 spiro atoms. The Hall–Kier alpha value is -1.72. The Kier molecular flexibility index (Phi) is 3.80. The van der Waals surface area contributed by atoms with Crippen molar-refractivity contribution in [2.75, 3.05) is 13.6 Å². The van der Waals surface area contributed by atoms with Gasteiger partial charge in [-0.3, -0.25) is 9.88 Å². The van der Waals surface area contributed by atoms with Crippen molar-refractivity contribution in [3.8, 4) is 0 Å². The second-order valence-electron chi connectivity index (χ2n) is 5.48. The van der Waals surface area contributed by atoms with Crippen LogP contribution < -0.4 is 5.73 Å². The number of aromatic nitrogens is 3. The molecule has 2 aromatic rings. The highest BCUT2D eigenvalue weighted by molar-refractivity contribution is 5.12. The summed E-state index contributed by atoms with van der Waals surface area (Å²) in [6.45, 7) is 1.43. The molecule has 0 radical (unpaired) electrons. The monoisotopic (exact) mass is 271 g/mol. The molecule has 1 fully saturated rings. The van der Waals surface area contributed by atoms with Crippen LogP contribution in [0.15, 0.2) is 37.1 Å². The molecule has 0 saturated heterocycles. The highest BCUT2D eigenvalue weighted by Gasteiger charge is 2.28. The average Bonchev–Trinajstić information content (AvgIpc) is 3.20. The van der Waals surface area contributed by atoms with Gasteiger partial charge in [-0.25, -0.2) is 4.98 Å². The molecule has 1 unspecified atom stereocenters. The minimum Gasteiger partial charge on any atom is -0.330 e. The van der Waals surface area contributed by atoms with Crippen LogP contribution in [0.25, 0.3) is 0 Å². The lowest BCUT2D eigenvalue weighted by molar-refractivity contribution is 0.232. The molecular weight excluding hydrogens is 250 g/mol. The Morgan fingerprint density at radius 3 is 2.90 bits per heavy atom. The van der Waals surface area contributed by atoms with Crippen molar-refractivity contribution in [1.29, 1.82) is 0 Å². The molecule has 0 aromatic carbocycles. The molecule has 1 saturated carbocycles. The molecule has 0 aliphatic heterocycles. The lowest BCUT2D eigenvalue weighted by atomic mass is 10.1. The van der Waals surface area contributed by atoms with E-state index in [1.165, 1.54) is 24.1 Å². The van der Waals surface area contributed by atoms with E-state index in [9.17, 15) is 0 Å². The number of likely N-dealkylation sites (N-methyl/N-ethyl adjacent to an activating group) is 1. The number of hydrogen-bond acceptors (Lipinski definition) is 4. The molecule has 2 aromatic heterocycles. The summed E-state index contributed by atoms with van der Waals surface area (Å²) in [6.07, 6.45) is 10.1. The second kappa shape index (κ2) is 5.73. The van der Waals surface area contributed by atoms with E-state index in [4.69, 9.17) is 5.73 Å². The van der Waals surface area contributed by atoms with Crippen LogP contribution >= 0.6 is 0 Å². The van der Waals surface area contributed by atoms with Crippen molar-refractivity contribution in [3.63, 3.8) is 0 Å². The maximum atomic E-state index is 6.01. The molecule has 0 bridgehead atoms. The number of nitrogens with two attached hydrogens (primary N) is 1. The fourth-order valence-electron chi connectivity index (χ4n) is 2.65. The summed E-state index contributed by atoms with van der Waals surface area (Å²) < 4.78 is 2.29. The zero-order valence-electron chi connectivity index (χ0n) is 11.8. The third-order valence-electron chi connectivity index (χ3n) is 3.89. The van der Waals surface area contributed by atoms with Gasteiger partial charge in [0.2, 0.25) is 0 Å². The highest BCUT2D eigenvalue weighted by Crippen LogP contribution is 2.37. The lowest BCUT2D eigenvalue weighted by Gasteiger charge is -2.27.